The highest BCUT2D eigenvalue weighted by Crippen LogP contribution is 2.56. The molecular formula is C19H28ClN. The summed E-state index contributed by atoms with van der Waals surface area (Å²) in [4.78, 5) is 4.14. The molecule has 3 rings (SSSR count). The summed E-state index contributed by atoms with van der Waals surface area (Å²) in [5.74, 6) is 1.11. The summed E-state index contributed by atoms with van der Waals surface area (Å²) in [6.45, 7) is 0. The minimum absolute atomic E-state index is 0.596. The minimum Gasteiger partial charge on any atom is -0.244 e. The van der Waals surface area contributed by atoms with Crippen molar-refractivity contribution < 1.29 is 0 Å². The van der Waals surface area contributed by atoms with Crippen molar-refractivity contribution in [2.75, 3.05) is 0 Å². The maximum Gasteiger partial charge on any atom is 0.129 e. The summed E-state index contributed by atoms with van der Waals surface area (Å²) in [6, 6.07) is 4.00. The van der Waals surface area contributed by atoms with E-state index in [9.17, 15) is 0 Å². The summed E-state index contributed by atoms with van der Waals surface area (Å²) in [5.41, 5.74) is 2.13. The van der Waals surface area contributed by atoms with Gasteiger partial charge in [-0.1, -0.05) is 43.4 Å². The maximum atomic E-state index is 5.80. The van der Waals surface area contributed by atoms with E-state index < -0.39 is 0 Å². The third-order valence-electron chi connectivity index (χ3n) is 5.85. The van der Waals surface area contributed by atoms with E-state index in [2.05, 4.69) is 11.1 Å². The number of halogens is 1. The molecule has 1 aromatic heterocycles. The molecule has 0 aromatic carbocycles. The summed E-state index contributed by atoms with van der Waals surface area (Å²) in [5, 5.41) is 0.596. The van der Waals surface area contributed by atoms with Crippen LogP contribution in [-0.2, 0) is 6.42 Å². The van der Waals surface area contributed by atoms with Crippen LogP contribution >= 0.6 is 11.6 Å². The summed E-state index contributed by atoms with van der Waals surface area (Å²) in [6.07, 6.45) is 19.3. The number of aryl methyl sites for hydroxylation is 1. The second-order valence-corrected chi connectivity index (χ2v) is 7.79. The first kappa shape index (κ1) is 15.3. The van der Waals surface area contributed by atoms with E-state index in [0.717, 1.165) is 17.8 Å². The van der Waals surface area contributed by atoms with Gasteiger partial charge in [0.2, 0.25) is 0 Å². The third-order valence-corrected chi connectivity index (χ3v) is 6.07. The number of hydrogen-bond donors (Lipinski definition) is 0. The van der Waals surface area contributed by atoms with Gasteiger partial charge in [-0.3, -0.25) is 0 Å². The van der Waals surface area contributed by atoms with Crippen molar-refractivity contribution in [2.24, 2.45) is 11.3 Å². The highest BCUT2D eigenvalue weighted by molar-refractivity contribution is 6.29. The lowest BCUT2D eigenvalue weighted by Gasteiger charge is -2.26. The number of nitrogens with zero attached hydrogens (tertiary/aromatic N) is 1. The van der Waals surface area contributed by atoms with Crippen LogP contribution in [0, 0.1) is 11.3 Å². The van der Waals surface area contributed by atoms with E-state index in [1.807, 2.05) is 12.3 Å². The van der Waals surface area contributed by atoms with Gasteiger partial charge in [0, 0.05) is 6.20 Å². The standard InChI is InChI=1S/C19H28ClN/c20-18-8-7-17(15-21-18)6-4-2-1-3-5-11-19-12-9-16(14-19)10-13-19/h7-8,15-16H,1-6,9-14H2. The van der Waals surface area contributed by atoms with Crippen LogP contribution in [0.1, 0.15) is 76.2 Å². The van der Waals surface area contributed by atoms with Gasteiger partial charge in [-0.2, -0.15) is 0 Å². The first-order chi connectivity index (χ1) is 10.3. The molecule has 0 atom stereocenters. The molecule has 116 valence electrons. The first-order valence-corrected chi connectivity index (χ1v) is 9.24. The molecule has 21 heavy (non-hydrogen) atoms. The molecule has 2 aliphatic carbocycles. The van der Waals surface area contributed by atoms with Gasteiger partial charge in [0.25, 0.3) is 0 Å². The van der Waals surface area contributed by atoms with Gasteiger partial charge in [-0.05, 0) is 74.3 Å². The molecule has 1 aromatic rings. The molecule has 0 aliphatic heterocycles. The van der Waals surface area contributed by atoms with Crippen LogP contribution in [0.3, 0.4) is 0 Å². The SMILES string of the molecule is Clc1ccc(CCCCCCCC23CCC(CC2)C3)cn1. The minimum atomic E-state index is 0.596. The van der Waals surface area contributed by atoms with E-state index >= 15 is 0 Å². The third kappa shape index (κ3) is 4.22. The Hall–Kier alpha value is -0.560. The molecule has 0 amide bonds. The number of fused-ring (bicyclic) bond motifs is 2. The Morgan fingerprint density at radius 2 is 1.81 bits per heavy atom. The van der Waals surface area contributed by atoms with Crippen LogP contribution in [-0.4, -0.2) is 4.98 Å². The molecule has 1 nitrogen and oxygen atoms in total. The normalized spacial score (nSPS) is 27.4. The average molecular weight is 306 g/mol. The number of pyridine rings is 1. The fourth-order valence-electron chi connectivity index (χ4n) is 4.58. The number of aromatic nitrogens is 1. The molecule has 2 heteroatoms. The molecule has 0 saturated heterocycles. The molecule has 0 N–H and O–H groups in total. The predicted octanol–water partition coefficient (Wildman–Crippen LogP) is 6.20. The van der Waals surface area contributed by atoms with Crippen LogP contribution in [0.5, 0.6) is 0 Å². The maximum absolute atomic E-state index is 5.80. The lowest BCUT2D eigenvalue weighted by Crippen LogP contribution is -2.13. The lowest BCUT2D eigenvalue weighted by molar-refractivity contribution is 0.260. The van der Waals surface area contributed by atoms with Gasteiger partial charge in [0.1, 0.15) is 5.15 Å². The van der Waals surface area contributed by atoms with Gasteiger partial charge in [-0.25, -0.2) is 4.98 Å². The summed E-state index contributed by atoms with van der Waals surface area (Å²) >= 11 is 5.80. The van der Waals surface area contributed by atoms with Crippen molar-refractivity contribution >= 4 is 11.6 Å². The van der Waals surface area contributed by atoms with Crippen molar-refractivity contribution in [3.63, 3.8) is 0 Å². The Morgan fingerprint density at radius 1 is 1.05 bits per heavy atom. The van der Waals surface area contributed by atoms with Crippen LogP contribution in [0.4, 0.5) is 0 Å². The average Bonchev–Trinajstić information content (AvgIpc) is 3.09. The number of hydrogen-bond acceptors (Lipinski definition) is 1. The molecule has 0 spiro atoms. The van der Waals surface area contributed by atoms with Crippen LogP contribution in [0.25, 0.3) is 0 Å². The number of unbranched alkanes of at least 4 members (excludes halogenated alkanes) is 4. The highest BCUT2D eigenvalue weighted by Gasteiger charge is 2.43. The molecule has 2 aliphatic rings. The Labute approximate surface area is 134 Å². The molecule has 0 unspecified atom stereocenters. The number of rotatable bonds is 8. The quantitative estimate of drug-likeness (QED) is 0.411. The molecule has 1 heterocycles. The van der Waals surface area contributed by atoms with Crippen molar-refractivity contribution in [2.45, 2.75) is 77.0 Å². The van der Waals surface area contributed by atoms with E-state index in [-0.39, 0.29) is 0 Å². The van der Waals surface area contributed by atoms with E-state index in [1.54, 1.807) is 19.3 Å². The first-order valence-electron chi connectivity index (χ1n) is 8.86. The smallest absolute Gasteiger partial charge is 0.129 e. The van der Waals surface area contributed by atoms with Gasteiger partial charge in [-0.15, -0.1) is 0 Å². The van der Waals surface area contributed by atoms with Crippen molar-refractivity contribution in [3.05, 3.63) is 29.0 Å². The van der Waals surface area contributed by atoms with Gasteiger partial charge < -0.3 is 0 Å². The second-order valence-electron chi connectivity index (χ2n) is 7.40. The zero-order chi connectivity index (χ0) is 14.5. The zero-order valence-corrected chi connectivity index (χ0v) is 13.9. The fourth-order valence-corrected chi connectivity index (χ4v) is 4.69. The zero-order valence-electron chi connectivity index (χ0n) is 13.1. The Balaban J connectivity index is 1.23. The monoisotopic (exact) mass is 305 g/mol. The molecule has 2 bridgehead atoms. The van der Waals surface area contributed by atoms with Gasteiger partial charge in [0.05, 0.1) is 0 Å². The summed E-state index contributed by atoms with van der Waals surface area (Å²) in [7, 11) is 0. The second kappa shape index (κ2) is 7.13. The molecule has 2 saturated carbocycles. The summed E-state index contributed by atoms with van der Waals surface area (Å²) < 4.78 is 0. The van der Waals surface area contributed by atoms with Crippen LogP contribution in [0.2, 0.25) is 5.15 Å². The highest BCUT2D eigenvalue weighted by atomic mass is 35.5. The largest absolute Gasteiger partial charge is 0.244 e. The molecule has 0 radical (unpaired) electrons. The topological polar surface area (TPSA) is 12.9 Å². The van der Waals surface area contributed by atoms with E-state index in [1.165, 1.54) is 56.9 Å². The Morgan fingerprint density at radius 3 is 2.48 bits per heavy atom. The predicted molar refractivity (Wildman–Crippen MR) is 89.7 cm³/mol. The Kier molecular flexibility index (Phi) is 5.21. The van der Waals surface area contributed by atoms with Crippen molar-refractivity contribution in [3.8, 4) is 0 Å². The lowest BCUT2D eigenvalue weighted by atomic mass is 9.79. The van der Waals surface area contributed by atoms with E-state index in [4.69, 9.17) is 11.6 Å². The Bertz CT molecular complexity index is 431. The van der Waals surface area contributed by atoms with Gasteiger partial charge in [0.15, 0.2) is 0 Å². The van der Waals surface area contributed by atoms with Crippen molar-refractivity contribution in [1.29, 1.82) is 0 Å². The molecule has 2 fully saturated rings. The van der Waals surface area contributed by atoms with Crippen LogP contribution in [0.15, 0.2) is 18.3 Å². The van der Waals surface area contributed by atoms with Gasteiger partial charge >= 0.3 is 0 Å². The van der Waals surface area contributed by atoms with E-state index in [0.29, 0.717) is 5.15 Å². The fraction of sp³-hybridized carbons (Fsp3) is 0.737. The van der Waals surface area contributed by atoms with Crippen LogP contribution < -0.4 is 0 Å². The van der Waals surface area contributed by atoms with Crippen molar-refractivity contribution in [1.82, 2.24) is 4.98 Å². The molecular weight excluding hydrogens is 278 g/mol.